The Morgan fingerprint density at radius 3 is 2.55 bits per heavy atom. The van der Waals surface area contributed by atoms with Gasteiger partial charge in [-0.1, -0.05) is 44.2 Å². The average molecular weight is 304 g/mol. The summed E-state index contributed by atoms with van der Waals surface area (Å²) in [5.41, 5.74) is 0.605. The number of carbonyl (C=O) groups is 2. The van der Waals surface area contributed by atoms with Crippen LogP contribution in [0.2, 0.25) is 0 Å². The molecule has 22 heavy (non-hydrogen) atoms. The lowest BCUT2D eigenvalue weighted by Gasteiger charge is -2.35. The molecule has 2 N–H and O–H groups in total. The van der Waals surface area contributed by atoms with E-state index in [1.54, 1.807) is 0 Å². The zero-order valence-electron chi connectivity index (χ0n) is 13.4. The number of carbonyl (C=O) groups excluding carboxylic acids is 2. The van der Waals surface area contributed by atoms with Crippen LogP contribution in [0.5, 0.6) is 0 Å². The first-order valence-electron chi connectivity index (χ1n) is 7.77. The van der Waals surface area contributed by atoms with E-state index < -0.39 is 12.1 Å². The molecule has 1 aromatic rings. The zero-order valence-corrected chi connectivity index (χ0v) is 13.4. The molecular weight excluding hydrogens is 280 g/mol. The fourth-order valence-electron chi connectivity index (χ4n) is 2.49. The molecule has 2 rings (SSSR count). The molecule has 1 fully saturated rings. The Balaban J connectivity index is 2.19. The molecule has 1 aliphatic rings. The maximum Gasteiger partial charge on any atom is 0.252 e. The highest BCUT2D eigenvalue weighted by atomic mass is 16.5. The number of benzene rings is 1. The van der Waals surface area contributed by atoms with Crippen LogP contribution < -0.4 is 10.6 Å². The van der Waals surface area contributed by atoms with Crippen LogP contribution in [0.1, 0.15) is 45.2 Å². The normalized spacial score (nSPS) is 22.0. The van der Waals surface area contributed by atoms with Gasteiger partial charge in [0.2, 0.25) is 5.91 Å². The lowest BCUT2D eigenvalue weighted by Crippen LogP contribution is -2.56. The second-order valence-electron chi connectivity index (χ2n) is 5.94. The van der Waals surface area contributed by atoms with Gasteiger partial charge in [0.05, 0.1) is 6.04 Å². The van der Waals surface area contributed by atoms with Crippen molar-refractivity contribution in [2.45, 2.75) is 51.3 Å². The maximum absolute atomic E-state index is 12.6. The highest BCUT2D eigenvalue weighted by Crippen LogP contribution is 2.24. The Morgan fingerprint density at radius 1 is 1.32 bits per heavy atom. The van der Waals surface area contributed by atoms with Crippen LogP contribution in [-0.2, 0) is 14.3 Å². The molecule has 2 amide bonds. The number of amides is 2. The van der Waals surface area contributed by atoms with Gasteiger partial charge in [0.1, 0.15) is 6.61 Å². The van der Waals surface area contributed by atoms with Crippen molar-refractivity contribution in [3.63, 3.8) is 0 Å². The van der Waals surface area contributed by atoms with Crippen molar-refractivity contribution in [3.8, 4) is 0 Å². The van der Waals surface area contributed by atoms with Gasteiger partial charge >= 0.3 is 0 Å². The largest absolute Gasteiger partial charge is 0.356 e. The van der Waals surface area contributed by atoms with E-state index in [4.69, 9.17) is 4.74 Å². The molecule has 0 spiro atoms. The van der Waals surface area contributed by atoms with Gasteiger partial charge in [0.25, 0.3) is 5.91 Å². The first-order chi connectivity index (χ1) is 10.5. The van der Waals surface area contributed by atoms with Gasteiger partial charge in [-0.25, -0.2) is 0 Å². The molecule has 1 aliphatic heterocycles. The number of nitrogens with one attached hydrogen (secondary N) is 2. The van der Waals surface area contributed by atoms with Crippen LogP contribution in [0.25, 0.3) is 0 Å². The van der Waals surface area contributed by atoms with Crippen molar-refractivity contribution in [3.05, 3.63) is 35.9 Å². The quantitative estimate of drug-likeness (QED) is 0.873. The third-order valence-corrected chi connectivity index (χ3v) is 4.42. The number of hydrogen-bond donors (Lipinski definition) is 2. The Kier molecular flexibility index (Phi) is 5.19. The average Bonchev–Trinajstić information content (AvgIpc) is 2.55. The van der Waals surface area contributed by atoms with Crippen LogP contribution in [0, 0.1) is 0 Å². The molecule has 0 aromatic heterocycles. The van der Waals surface area contributed by atoms with E-state index in [1.807, 2.05) is 51.1 Å². The molecule has 1 saturated heterocycles. The van der Waals surface area contributed by atoms with Gasteiger partial charge in [-0.2, -0.15) is 0 Å². The molecule has 0 bridgehead atoms. The van der Waals surface area contributed by atoms with E-state index >= 15 is 0 Å². The topological polar surface area (TPSA) is 67.4 Å². The lowest BCUT2D eigenvalue weighted by atomic mass is 9.93. The maximum atomic E-state index is 12.6. The number of rotatable bonds is 5. The molecule has 0 aliphatic carbocycles. The van der Waals surface area contributed by atoms with Gasteiger partial charge in [0.15, 0.2) is 6.10 Å². The third-order valence-electron chi connectivity index (χ3n) is 4.42. The fraction of sp³-hybridized carbons (Fsp3) is 0.529. The van der Waals surface area contributed by atoms with Gasteiger partial charge in [0, 0.05) is 5.54 Å². The lowest BCUT2D eigenvalue weighted by molar-refractivity contribution is -0.149. The SMILES string of the molecule is CCC(C)(CC)NC(=O)C1OCC(=O)NC1c1ccccc1. The van der Waals surface area contributed by atoms with Crippen molar-refractivity contribution in [1.29, 1.82) is 0 Å². The van der Waals surface area contributed by atoms with Gasteiger partial charge < -0.3 is 15.4 Å². The van der Waals surface area contributed by atoms with Crippen LogP contribution in [0.15, 0.2) is 30.3 Å². The predicted octanol–water partition coefficient (Wildman–Crippen LogP) is 1.94. The molecule has 0 radical (unpaired) electrons. The summed E-state index contributed by atoms with van der Waals surface area (Å²) in [6.07, 6.45) is 0.965. The van der Waals surface area contributed by atoms with E-state index in [2.05, 4.69) is 10.6 Å². The minimum absolute atomic E-state index is 0.0869. The predicted molar refractivity (Wildman–Crippen MR) is 84.2 cm³/mol. The second-order valence-corrected chi connectivity index (χ2v) is 5.94. The smallest absolute Gasteiger partial charge is 0.252 e. The minimum atomic E-state index is -0.711. The third kappa shape index (κ3) is 3.65. The molecular formula is C17H24N2O3. The molecule has 5 heteroatoms. The number of ether oxygens (including phenoxy) is 1. The summed E-state index contributed by atoms with van der Waals surface area (Å²) in [7, 11) is 0. The van der Waals surface area contributed by atoms with Crippen LogP contribution in [0.3, 0.4) is 0 Å². The van der Waals surface area contributed by atoms with Crippen molar-refractivity contribution < 1.29 is 14.3 Å². The van der Waals surface area contributed by atoms with E-state index in [9.17, 15) is 9.59 Å². The van der Waals surface area contributed by atoms with E-state index in [1.165, 1.54) is 0 Å². The molecule has 120 valence electrons. The monoisotopic (exact) mass is 304 g/mol. The molecule has 2 atom stereocenters. The summed E-state index contributed by atoms with van der Waals surface area (Å²) in [5.74, 6) is -0.383. The number of hydrogen-bond acceptors (Lipinski definition) is 3. The Labute approximate surface area is 131 Å². The highest BCUT2D eigenvalue weighted by Gasteiger charge is 2.38. The molecule has 1 heterocycles. The van der Waals surface area contributed by atoms with E-state index in [-0.39, 0.29) is 24.0 Å². The highest BCUT2D eigenvalue weighted by molar-refractivity contribution is 5.86. The second kappa shape index (κ2) is 6.92. The Morgan fingerprint density at radius 2 is 1.95 bits per heavy atom. The summed E-state index contributed by atoms with van der Waals surface area (Å²) in [6.45, 7) is 6.02. The zero-order chi connectivity index (χ0) is 16.2. The first-order valence-corrected chi connectivity index (χ1v) is 7.77. The van der Waals surface area contributed by atoms with Gasteiger partial charge in [-0.05, 0) is 25.3 Å². The fourth-order valence-corrected chi connectivity index (χ4v) is 2.49. The Bertz CT molecular complexity index is 526. The van der Waals surface area contributed by atoms with Gasteiger partial charge in [-0.15, -0.1) is 0 Å². The molecule has 0 saturated carbocycles. The summed E-state index contributed by atoms with van der Waals surface area (Å²) in [4.78, 5) is 24.3. The van der Waals surface area contributed by atoms with Crippen molar-refractivity contribution in [2.75, 3.05) is 6.61 Å². The van der Waals surface area contributed by atoms with Crippen LogP contribution >= 0.6 is 0 Å². The first kappa shape index (κ1) is 16.5. The van der Waals surface area contributed by atoms with Crippen LogP contribution in [-0.4, -0.2) is 30.1 Å². The van der Waals surface area contributed by atoms with Gasteiger partial charge in [-0.3, -0.25) is 9.59 Å². The summed E-state index contributed by atoms with van der Waals surface area (Å²) in [6, 6.07) is 8.98. The summed E-state index contributed by atoms with van der Waals surface area (Å²) >= 11 is 0. The summed E-state index contributed by atoms with van der Waals surface area (Å²) < 4.78 is 5.53. The van der Waals surface area contributed by atoms with Crippen molar-refractivity contribution in [2.24, 2.45) is 0 Å². The van der Waals surface area contributed by atoms with E-state index in [0.717, 1.165) is 18.4 Å². The molecule has 2 unspecified atom stereocenters. The Hall–Kier alpha value is -1.88. The summed E-state index contributed by atoms with van der Waals surface area (Å²) in [5, 5.41) is 5.92. The molecule has 5 nitrogen and oxygen atoms in total. The van der Waals surface area contributed by atoms with Crippen molar-refractivity contribution in [1.82, 2.24) is 10.6 Å². The molecule has 1 aromatic carbocycles. The van der Waals surface area contributed by atoms with Crippen LogP contribution in [0.4, 0.5) is 0 Å². The van der Waals surface area contributed by atoms with E-state index in [0.29, 0.717) is 0 Å². The minimum Gasteiger partial charge on any atom is -0.356 e. The number of morpholine rings is 1. The standard InChI is InChI=1S/C17H24N2O3/c1-4-17(3,5-2)19-16(21)15-14(18-13(20)11-22-15)12-9-7-6-8-10-12/h6-10,14-15H,4-5,11H2,1-3H3,(H,18,20)(H,19,21). The van der Waals surface area contributed by atoms with Crippen molar-refractivity contribution >= 4 is 11.8 Å².